The zero-order valence-electron chi connectivity index (χ0n) is 13.9. The molecule has 3 nitrogen and oxygen atoms in total. The summed E-state index contributed by atoms with van der Waals surface area (Å²) in [7, 11) is 1.44. The lowest BCUT2D eigenvalue weighted by molar-refractivity contribution is -0.140. The van der Waals surface area contributed by atoms with Gasteiger partial charge >= 0.3 is 5.97 Å². The first-order valence-corrected chi connectivity index (χ1v) is 8.73. The van der Waals surface area contributed by atoms with Gasteiger partial charge in [-0.05, 0) is 31.6 Å². The monoisotopic (exact) mass is 296 g/mol. The molecule has 1 rings (SSSR count). The third-order valence-electron chi connectivity index (χ3n) is 4.67. The highest BCUT2D eigenvalue weighted by atomic mass is 16.5. The number of esters is 1. The smallest absolute Gasteiger partial charge is 0.305 e. The zero-order chi connectivity index (χ0) is 15.5. The molecule has 0 spiro atoms. The Morgan fingerprint density at radius 2 is 1.67 bits per heavy atom. The number of ketones is 1. The topological polar surface area (TPSA) is 43.4 Å². The molecule has 0 aliphatic heterocycles. The van der Waals surface area contributed by atoms with Gasteiger partial charge in [-0.15, -0.1) is 0 Å². The molecule has 0 radical (unpaired) electrons. The van der Waals surface area contributed by atoms with Crippen molar-refractivity contribution in [2.24, 2.45) is 11.8 Å². The molecule has 0 aromatic carbocycles. The van der Waals surface area contributed by atoms with E-state index in [0.717, 1.165) is 32.1 Å². The number of ether oxygens (including phenoxy) is 1. The molecule has 1 aliphatic carbocycles. The van der Waals surface area contributed by atoms with Crippen molar-refractivity contribution >= 4 is 11.8 Å². The van der Waals surface area contributed by atoms with E-state index in [1.165, 1.54) is 45.6 Å². The quantitative estimate of drug-likeness (QED) is 0.434. The first kappa shape index (κ1) is 18.2. The largest absolute Gasteiger partial charge is 0.469 e. The van der Waals surface area contributed by atoms with Gasteiger partial charge in [0.05, 0.1) is 7.11 Å². The van der Waals surface area contributed by atoms with Gasteiger partial charge in [-0.1, -0.05) is 45.4 Å². The second-order valence-corrected chi connectivity index (χ2v) is 6.64. The summed E-state index contributed by atoms with van der Waals surface area (Å²) in [6, 6.07) is 0. The first-order valence-electron chi connectivity index (χ1n) is 8.73. The summed E-state index contributed by atoms with van der Waals surface area (Å²) in [6.07, 6.45) is 13.0. The number of methoxy groups -OCH3 is 1. The number of hydrogen-bond donors (Lipinski definition) is 0. The van der Waals surface area contributed by atoms with Crippen LogP contribution in [0.15, 0.2) is 0 Å². The van der Waals surface area contributed by atoms with E-state index in [1.54, 1.807) is 0 Å². The Labute approximate surface area is 129 Å². The number of unbranched alkanes of at least 4 members (excludes halogenated alkanes) is 6. The van der Waals surface area contributed by atoms with Gasteiger partial charge in [-0.2, -0.15) is 0 Å². The van der Waals surface area contributed by atoms with Crippen molar-refractivity contribution in [2.45, 2.75) is 84.0 Å². The van der Waals surface area contributed by atoms with Gasteiger partial charge in [0.25, 0.3) is 0 Å². The maximum absolute atomic E-state index is 11.9. The third kappa shape index (κ3) is 8.23. The number of carbonyl (C=O) groups is 2. The normalized spacial score (nSPS) is 22.3. The second-order valence-electron chi connectivity index (χ2n) is 6.64. The molecule has 0 amide bonds. The van der Waals surface area contributed by atoms with Gasteiger partial charge in [0.1, 0.15) is 5.78 Å². The SMILES string of the molecule is COC(=O)CCCCCCCCCC1CCC(C)CC1=O. The lowest BCUT2D eigenvalue weighted by Gasteiger charge is -2.24. The van der Waals surface area contributed by atoms with Crippen LogP contribution in [0.4, 0.5) is 0 Å². The van der Waals surface area contributed by atoms with Gasteiger partial charge < -0.3 is 4.74 Å². The molecule has 0 heterocycles. The van der Waals surface area contributed by atoms with Gasteiger partial charge in [-0.3, -0.25) is 9.59 Å². The van der Waals surface area contributed by atoms with Crippen LogP contribution in [0.2, 0.25) is 0 Å². The molecule has 1 fully saturated rings. The Hall–Kier alpha value is -0.860. The van der Waals surface area contributed by atoms with E-state index in [-0.39, 0.29) is 5.97 Å². The molecule has 2 unspecified atom stereocenters. The Bertz CT molecular complexity index is 312. The summed E-state index contributed by atoms with van der Waals surface area (Å²) in [5.74, 6) is 1.39. The van der Waals surface area contributed by atoms with Gasteiger partial charge in [0, 0.05) is 18.8 Å². The maximum atomic E-state index is 11.9. The number of hydrogen-bond acceptors (Lipinski definition) is 3. The minimum absolute atomic E-state index is 0.0959. The van der Waals surface area contributed by atoms with Crippen LogP contribution in [-0.4, -0.2) is 18.9 Å². The van der Waals surface area contributed by atoms with Crippen molar-refractivity contribution in [1.29, 1.82) is 0 Å². The molecule has 122 valence electrons. The van der Waals surface area contributed by atoms with E-state index in [1.807, 2.05) is 0 Å². The predicted molar refractivity (Wildman–Crippen MR) is 85.1 cm³/mol. The lowest BCUT2D eigenvalue weighted by Crippen LogP contribution is -2.23. The fourth-order valence-corrected chi connectivity index (χ4v) is 3.21. The summed E-state index contributed by atoms with van der Waals surface area (Å²) >= 11 is 0. The second kappa shape index (κ2) is 10.8. The third-order valence-corrected chi connectivity index (χ3v) is 4.67. The van der Waals surface area contributed by atoms with Gasteiger partial charge in [0.15, 0.2) is 0 Å². The van der Waals surface area contributed by atoms with E-state index in [9.17, 15) is 9.59 Å². The zero-order valence-corrected chi connectivity index (χ0v) is 13.9. The Morgan fingerprint density at radius 1 is 1.05 bits per heavy atom. The minimum atomic E-state index is -0.0959. The summed E-state index contributed by atoms with van der Waals surface area (Å²) < 4.78 is 4.62. The summed E-state index contributed by atoms with van der Waals surface area (Å²) in [6.45, 7) is 2.19. The standard InChI is InChI=1S/C18H32O3/c1-15-12-13-16(17(19)14-15)10-8-6-4-3-5-7-9-11-18(20)21-2/h15-16H,3-14H2,1-2H3. The predicted octanol–water partition coefficient (Wildman–Crippen LogP) is 4.68. The van der Waals surface area contributed by atoms with Crippen molar-refractivity contribution in [1.82, 2.24) is 0 Å². The molecule has 0 aromatic heterocycles. The van der Waals surface area contributed by atoms with Crippen LogP contribution in [0.25, 0.3) is 0 Å². The highest BCUT2D eigenvalue weighted by Gasteiger charge is 2.25. The fourth-order valence-electron chi connectivity index (χ4n) is 3.21. The highest BCUT2D eigenvalue weighted by Crippen LogP contribution is 2.29. The highest BCUT2D eigenvalue weighted by molar-refractivity contribution is 5.81. The molecule has 3 heteroatoms. The summed E-state index contributed by atoms with van der Waals surface area (Å²) in [4.78, 5) is 22.8. The Kier molecular flexibility index (Phi) is 9.36. The van der Waals surface area contributed by atoms with Crippen LogP contribution in [0.1, 0.15) is 84.0 Å². The summed E-state index contributed by atoms with van der Waals surface area (Å²) in [5.41, 5.74) is 0. The summed E-state index contributed by atoms with van der Waals surface area (Å²) in [5, 5.41) is 0. The molecule has 0 bridgehead atoms. The first-order chi connectivity index (χ1) is 10.1. The van der Waals surface area contributed by atoms with Crippen molar-refractivity contribution in [3.63, 3.8) is 0 Å². The average molecular weight is 296 g/mol. The molecule has 2 atom stereocenters. The Balaban J connectivity index is 1.89. The van der Waals surface area contributed by atoms with Crippen LogP contribution >= 0.6 is 0 Å². The minimum Gasteiger partial charge on any atom is -0.469 e. The maximum Gasteiger partial charge on any atom is 0.305 e. The molecule has 1 saturated carbocycles. The molecule has 21 heavy (non-hydrogen) atoms. The number of carbonyl (C=O) groups excluding carboxylic acids is 2. The Morgan fingerprint density at radius 3 is 2.29 bits per heavy atom. The average Bonchev–Trinajstić information content (AvgIpc) is 2.47. The lowest BCUT2D eigenvalue weighted by atomic mass is 9.79. The fraction of sp³-hybridized carbons (Fsp3) is 0.889. The molecule has 0 saturated heterocycles. The number of rotatable bonds is 10. The molecule has 0 N–H and O–H groups in total. The van der Waals surface area contributed by atoms with E-state index in [2.05, 4.69) is 11.7 Å². The van der Waals surface area contributed by atoms with Crippen molar-refractivity contribution < 1.29 is 14.3 Å². The van der Waals surface area contributed by atoms with E-state index in [0.29, 0.717) is 24.0 Å². The van der Waals surface area contributed by atoms with Crippen molar-refractivity contribution in [3.8, 4) is 0 Å². The molecular weight excluding hydrogens is 264 g/mol. The van der Waals surface area contributed by atoms with Crippen LogP contribution in [-0.2, 0) is 14.3 Å². The van der Waals surface area contributed by atoms with Crippen molar-refractivity contribution in [2.75, 3.05) is 7.11 Å². The number of Topliss-reactive ketones (excluding diaryl/α,β-unsaturated/α-hetero) is 1. The molecular formula is C18H32O3. The van der Waals surface area contributed by atoms with Crippen molar-refractivity contribution in [3.05, 3.63) is 0 Å². The van der Waals surface area contributed by atoms with Crippen LogP contribution in [0.5, 0.6) is 0 Å². The van der Waals surface area contributed by atoms with Crippen LogP contribution in [0, 0.1) is 11.8 Å². The molecule has 1 aliphatic rings. The van der Waals surface area contributed by atoms with Crippen LogP contribution in [0.3, 0.4) is 0 Å². The van der Waals surface area contributed by atoms with E-state index in [4.69, 9.17) is 0 Å². The van der Waals surface area contributed by atoms with Crippen LogP contribution < -0.4 is 0 Å². The van der Waals surface area contributed by atoms with E-state index < -0.39 is 0 Å². The molecule has 0 aromatic rings. The van der Waals surface area contributed by atoms with Gasteiger partial charge in [-0.25, -0.2) is 0 Å². The van der Waals surface area contributed by atoms with Gasteiger partial charge in [0.2, 0.25) is 0 Å². The van der Waals surface area contributed by atoms with E-state index >= 15 is 0 Å².